The highest BCUT2D eigenvalue weighted by Gasteiger charge is 2.25. The van der Waals surface area contributed by atoms with Crippen molar-refractivity contribution < 1.29 is 18.7 Å². The van der Waals surface area contributed by atoms with E-state index in [2.05, 4.69) is 0 Å². The molecule has 6 heteroatoms. The SMILES string of the molecule is COC(=O)[C@H](Oc1cc2oc(=O)c(Cc3ccccc3)c(C)c2cc1Cl)c1ccccc1. The van der Waals surface area contributed by atoms with Crippen LogP contribution in [0.1, 0.15) is 28.4 Å². The van der Waals surface area contributed by atoms with Crippen LogP contribution in [0.3, 0.4) is 0 Å². The molecule has 4 rings (SSSR count). The zero-order chi connectivity index (χ0) is 22.7. The lowest BCUT2D eigenvalue weighted by atomic mass is 9.99. The third-order valence-corrected chi connectivity index (χ3v) is 5.62. The monoisotopic (exact) mass is 448 g/mol. The van der Waals surface area contributed by atoms with Gasteiger partial charge in [0.05, 0.1) is 12.1 Å². The fourth-order valence-electron chi connectivity index (χ4n) is 3.60. The van der Waals surface area contributed by atoms with Crippen LogP contribution in [0.4, 0.5) is 0 Å². The molecule has 0 saturated heterocycles. The topological polar surface area (TPSA) is 65.7 Å². The molecule has 3 aromatic carbocycles. The molecule has 0 radical (unpaired) electrons. The van der Waals surface area contributed by atoms with E-state index in [9.17, 15) is 9.59 Å². The Hall–Kier alpha value is -3.57. The average molecular weight is 449 g/mol. The number of carbonyl (C=O) groups is 1. The molecule has 1 heterocycles. The van der Waals surface area contributed by atoms with E-state index in [1.165, 1.54) is 13.2 Å². The largest absolute Gasteiger partial charge is 0.472 e. The number of fused-ring (bicyclic) bond motifs is 1. The molecule has 0 aliphatic heterocycles. The smallest absolute Gasteiger partial charge is 0.351 e. The van der Waals surface area contributed by atoms with Crippen LogP contribution >= 0.6 is 11.6 Å². The Labute approximate surface area is 190 Å². The second kappa shape index (κ2) is 9.28. The number of methoxy groups -OCH3 is 1. The normalized spacial score (nSPS) is 11.8. The molecule has 0 spiro atoms. The van der Waals surface area contributed by atoms with E-state index >= 15 is 0 Å². The van der Waals surface area contributed by atoms with Crippen LogP contribution in [0.15, 0.2) is 82.0 Å². The van der Waals surface area contributed by atoms with Crippen LogP contribution in [-0.4, -0.2) is 13.1 Å². The van der Waals surface area contributed by atoms with E-state index in [4.69, 9.17) is 25.5 Å². The molecule has 4 aromatic rings. The Bertz CT molecular complexity index is 1310. The molecule has 0 N–H and O–H groups in total. The van der Waals surface area contributed by atoms with E-state index in [0.717, 1.165) is 11.1 Å². The van der Waals surface area contributed by atoms with E-state index in [0.29, 0.717) is 33.5 Å². The lowest BCUT2D eigenvalue weighted by Crippen LogP contribution is -2.20. The van der Waals surface area contributed by atoms with Crippen LogP contribution < -0.4 is 10.4 Å². The lowest BCUT2D eigenvalue weighted by molar-refractivity contribution is -0.149. The van der Waals surface area contributed by atoms with Gasteiger partial charge in [-0.2, -0.15) is 0 Å². The summed E-state index contributed by atoms with van der Waals surface area (Å²) in [5.41, 5.74) is 2.91. The van der Waals surface area contributed by atoms with Gasteiger partial charge in [0.25, 0.3) is 0 Å². The molecule has 0 saturated carbocycles. The first-order valence-electron chi connectivity index (χ1n) is 10.1. The summed E-state index contributed by atoms with van der Waals surface area (Å²) in [6.07, 6.45) is -0.555. The summed E-state index contributed by atoms with van der Waals surface area (Å²) in [4.78, 5) is 25.1. The van der Waals surface area contributed by atoms with Crippen LogP contribution in [0.2, 0.25) is 5.02 Å². The maximum Gasteiger partial charge on any atom is 0.351 e. The van der Waals surface area contributed by atoms with Crippen molar-refractivity contribution in [2.24, 2.45) is 0 Å². The molecule has 0 unspecified atom stereocenters. The number of hydrogen-bond acceptors (Lipinski definition) is 5. The second-order valence-electron chi connectivity index (χ2n) is 7.37. The number of carbonyl (C=O) groups excluding carboxylic acids is 1. The highest BCUT2D eigenvalue weighted by atomic mass is 35.5. The number of hydrogen-bond donors (Lipinski definition) is 0. The maximum atomic E-state index is 12.7. The van der Waals surface area contributed by atoms with Gasteiger partial charge in [0.1, 0.15) is 11.3 Å². The molecule has 1 atom stereocenters. The molecule has 1 aromatic heterocycles. The highest BCUT2D eigenvalue weighted by Crippen LogP contribution is 2.35. The van der Waals surface area contributed by atoms with Gasteiger partial charge < -0.3 is 13.9 Å². The van der Waals surface area contributed by atoms with Crippen molar-refractivity contribution in [3.63, 3.8) is 0 Å². The molecule has 0 fully saturated rings. The van der Waals surface area contributed by atoms with Gasteiger partial charge >= 0.3 is 11.6 Å². The number of esters is 1. The van der Waals surface area contributed by atoms with E-state index in [1.54, 1.807) is 30.3 Å². The first-order chi connectivity index (χ1) is 15.5. The van der Waals surface area contributed by atoms with E-state index < -0.39 is 17.7 Å². The predicted molar refractivity (Wildman–Crippen MR) is 123 cm³/mol. The third kappa shape index (κ3) is 4.39. The zero-order valence-electron chi connectivity index (χ0n) is 17.6. The maximum absolute atomic E-state index is 12.7. The molecule has 162 valence electrons. The van der Waals surface area contributed by atoms with Gasteiger partial charge in [0.2, 0.25) is 6.10 Å². The fourth-order valence-corrected chi connectivity index (χ4v) is 3.81. The number of rotatable bonds is 6. The molecule has 32 heavy (non-hydrogen) atoms. The summed E-state index contributed by atoms with van der Waals surface area (Å²) in [6, 6.07) is 21.9. The minimum atomic E-state index is -1.01. The average Bonchev–Trinajstić information content (AvgIpc) is 2.82. The number of benzene rings is 3. The quantitative estimate of drug-likeness (QED) is 0.282. The van der Waals surface area contributed by atoms with Crippen LogP contribution in [-0.2, 0) is 16.0 Å². The summed E-state index contributed by atoms with van der Waals surface area (Å²) < 4.78 is 16.4. The minimum Gasteiger partial charge on any atom is -0.472 e. The Balaban J connectivity index is 1.74. The van der Waals surface area contributed by atoms with Crippen LogP contribution in [0, 0.1) is 6.92 Å². The van der Waals surface area contributed by atoms with Crippen molar-refractivity contribution in [2.75, 3.05) is 7.11 Å². The van der Waals surface area contributed by atoms with Crippen LogP contribution in [0.25, 0.3) is 11.0 Å². The second-order valence-corrected chi connectivity index (χ2v) is 7.77. The van der Waals surface area contributed by atoms with E-state index in [1.807, 2.05) is 43.3 Å². The number of aryl methyl sites for hydroxylation is 1. The van der Waals surface area contributed by atoms with Gasteiger partial charge in [-0.1, -0.05) is 72.3 Å². The number of ether oxygens (including phenoxy) is 2. The molecular weight excluding hydrogens is 428 g/mol. The molecule has 0 bridgehead atoms. The van der Waals surface area contributed by atoms with Gasteiger partial charge in [-0.05, 0) is 24.1 Å². The van der Waals surface area contributed by atoms with Crippen molar-refractivity contribution in [1.82, 2.24) is 0 Å². The van der Waals surface area contributed by atoms with Gasteiger partial charge in [0.15, 0.2) is 0 Å². The lowest BCUT2D eigenvalue weighted by Gasteiger charge is -2.18. The van der Waals surface area contributed by atoms with E-state index in [-0.39, 0.29) is 5.75 Å². The summed E-state index contributed by atoms with van der Waals surface area (Å²) in [5, 5.41) is 1.01. The first-order valence-corrected chi connectivity index (χ1v) is 10.4. The Kier molecular flexibility index (Phi) is 6.28. The zero-order valence-corrected chi connectivity index (χ0v) is 18.4. The van der Waals surface area contributed by atoms with Crippen molar-refractivity contribution in [2.45, 2.75) is 19.4 Å². The molecule has 0 amide bonds. The van der Waals surface area contributed by atoms with Crippen molar-refractivity contribution in [3.05, 3.63) is 110 Å². The van der Waals surface area contributed by atoms with Crippen molar-refractivity contribution >= 4 is 28.5 Å². The summed E-state index contributed by atoms with van der Waals surface area (Å²) in [5.74, 6) is -0.347. The molecule has 5 nitrogen and oxygen atoms in total. The predicted octanol–water partition coefficient (Wildman–Crippen LogP) is 5.64. The fraction of sp³-hybridized carbons (Fsp3) is 0.154. The van der Waals surface area contributed by atoms with Crippen LogP contribution in [0.5, 0.6) is 5.75 Å². The first kappa shape index (κ1) is 21.7. The van der Waals surface area contributed by atoms with Gasteiger partial charge in [-0.15, -0.1) is 0 Å². The van der Waals surface area contributed by atoms with Gasteiger partial charge in [0, 0.05) is 29.0 Å². The summed E-state index contributed by atoms with van der Waals surface area (Å²) in [6.45, 7) is 1.87. The molecular formula is C26H21ClO5. The van der Waals surface area contributed by atoms with Gasteiger partial charge in [-0.25, -0.2) is 9.59 Å². The van der Waals surface area contributed by atoms with Gasteiger partial charge in [-0.3, -0.25) is 0 Å². The highest BCUT2D eigenvalue weighted by molar-refractivity contribution is 6.32. The summed E-state index contributed by atoms with van der Waals surface area (Å²) in [7, 11) is 1.29. The Morgan fingerprint density at radius 2 is 1.69 bits per heavy atom. The Morgan fingerprint density at radius 1 is 1.03 bits per heavy atom. The standard InChI is InChI=1S/C26H21ClO5/c1-16-19-14-21(27)23(31-24(26(29)30-2)18-11-7-4-8-12-18)15-22(19)32-25(28)20(16)13-17-9-5-3-6-10-17/h3-12,14-15,24H,13H2,1-2H3/t24-/m1/s1. The summed E-state index contributed by atoms with van der Waals surface area (Å²) >= 11 is 6.51. The van der Waals surface area contributed by atoms with Crippen molar-refractivity contribution in [3.8, 4) is 5.75 Å². The molecule has 0 aliphatic carbocycles. The molecule has 0 aliphatic rings. The third-order valence-electron chi connectivity index (χ3n) is 5.33. The Morgan fingerprint density at radius 3 is 2.34 bits per heavy atom. The number of halogens is 1. The minimum absolute atomic E-state index is 0.219. The van der Waals surface area contributed by atoms with Crippen molar-refractivity contribution in [1.29, 1.82) is 0 Å².